The molecular formula is C78H91BN2. The fraction of sp³-hybridized carbons (Fsp3) is 0.462. The third kappa shape index (κ3) is 7.36. The van der Waals surface area contributed by atoms with E-state index in [1.54, 1.807) is 11.1 Å². The highest BCUT2D eigenvalue weighted by molar-refractivity contribution is 7.00. The maximum absolute atomic E-state index is 2.80. The van der Waals surface area contributed by atoms with E-state index in [0.29, 0.717) is 0 Å². The molecule has 7 aliphatic rings. The molecule has 416 valence electrons. The van der Waals surface area contributed by atoms with Crippen molar-refractivity contribution in [3.05, 3.63) is 170 Å². The second-order valence-corrected chi connectivity index (χ2v) is 33.0. The molecule has 0 N–H and O–H groups in total. The summed E-state index contributed by atoms with van der Waals surface area (Å²) in [5, 5.41) is 0. The van der Waals surface area contributed by atoms with E-state index in [1.807, 2.05) is 0 Å². The van der Waals surface area contributed by atoms with Gasteiger partial charge in [-0.1, -0.05) is 185 Å². The molecule has 2 aliphatic heterocycles. The summed E-state index contributed by atoms with van der Waals surface area (Å²) in [4.78, 5) is 5.60. The molecule has 0 amide bonds. The van der Waals surface area contributed by atoms with E-state index in [4.69, 9.17) is 0 Å². The monoisotopic (exact) mass is 1070 g/mol. The zero-order chi connectivity index (χ0) is 57.6. The number of aryl methyl sites for hydroxylation is 2. The van der Waals surface area contributed by atoms with Crippen molar-refractivity contribution in [3.63, 3.8) is 0 Å². The highest BCUT2D eigenvalue weighted by Crippen LogP contribution is 2.60. The molecule has 0 atom stereocenters. The molecule has 5 aliphatic carbocycles. The van der Waals surface area contributed by atoms with Crippen molar-refractivity contribution in [2.45, 2.75) is 232 Å². The SMILES string of the molecule is Cc1cc2c(cc1N1c3cc4c(cc3B3c5cc6c(cc5N(c5cc7c(cc5C)C(C)(C)CCC7(C)C)c5cc(-c7ccccc7)cc1c53)C(C)(C)CC6(C)C)C(C)(C)c1cc3c(cc1-4)C(C)(C)CCC3(C)C)C(C)(C)CCC2(C)C. The maximum atomic E-state index is 2.80. The summed E-state index contributed by atoms with van der Waals surface area (Å²) in [6.45, 7) is 49.9. The van der Waals surface area contributed by atoms with E-state index >= 15 is 0 Å². The van der Waals surface area contributed by atoms with Gasteiger partial charge in [-0.25, -0.2) is 0 Å². The Morgan fingerprint density at radius 2 is 0.654 bits per heavy atom. The molecule has 2 heterocycles. The van der Waals surface area contributed by atoms with Crippen molar-refractivity contribution in [2.24, 2.45) is 0 Å². The van der Waals surface area contributed by atoms with Crippen molar-refractivity contribution in [1.82, 2.24) is 0 Å². The summed E-state index contributed by atoms with van der Waals surface area (Å²) in [5.41, 5.74) is 35.6. The van der Waals surface area contributed by atoms with Crippen LogP contribution >= 0.6 is 0 Å². The number of benzene rings is 7. The Morgan fingerprint density at radius 1 is 0.309 bits per heavy atom. The first-order valence-electron chi connectivity index (χ1n) is 31.4. The number of hydrogen-bond acceptors (Lipinski definition) is 2. The van der Waals surface area contributed by atoms with Crippen molar-refractivity contribution in [3.8, 4) is 22.3 Å². The number of rotatable bonds is 3. The molecular weight excluding hydrogens is 976 g/mol. The maximum Gasteiger partial charge on any atom is 0.252 e. The minimum absolute atomic E-state index is 0.0142. The molecule has 81 heavy (non-hydrogen) atoms. The molecule has 0 fully saturated rings. The van der Waals surface area contributed by atoms with Gasteiger partial charge in [-0.15, -0.1) is 0 Å². The molecule has 0 spiro atoms. The fourth-order valence-electron chi connectivity index (χ4n) is 18.0. The van der Waals surface area contributed by atoms with Gasteiger partial charge in [0.05, 0.1) is 0 Å². The summed E-state index contributed by atoms with van der Waals surface area (Å²) in [5.74, 6) is 0. The Hall–Kier alpha value is -5.80. The van der Waals surface area contributed by atoms with Gasteiger partial charge in [0.25, 0.3) is 6.71 Å². The fourth-order valence-corrected chi connectivity index (χ4v) is 18.0. The lowest BCUT2D eigenvalue weighted by molar-refractivity contribution is 0.331. The average Bonchev–Trinajstić information content (AvgIpc) is 3.99. The van der Waals surface area contributed by atoms with Crippen LogP contribution in [0.15, 0.2) is 103 Å². The Bertz CT molecular complexity index is 3920. The van der Waals surface area contributed by atoms with E-state index in [2.05, 4.69) is 251 Å². The van der Waals surface area contributed by atoms with Gasteiger partial charge in [0.2, 0.25) is 0 Å². The lowest BCUT2D eigenvalue weighted by Crippen LogP contribution is -2.62. The standard InChI is InChI=1S/C78H91BN2/c1-45-32-53-58(74(11,12)30-26-70(53,3)4)41-63(45)80-65-37-50-49-36-55-56(73(9,10)29-28-72(55,7)8)38-51(49)78(19,20)52(50)39-61(65)79-62-40-57-60(77(17,18)44-76(57,15)16)43-66(62)81(68-35-48(34-67(80)69(68)79)47-24-22-21-23-25-47)64-42-59-54(33-46(64)2)71(5,6)27-31-75(59,13)14/h21-25,32-43H,26-31,44H2,1-20H3. The molecule has 0 saturated carbocycles. The molecule has 7 aromatic carbocycles. The van der Waals surface area contributed by atoms with E-state index in [0.717, 1.165) is 6.42 Å². The zero-order valence-corrected chi connectivity index (χ0v) is 53.2. The molecule has 0 radical (unpaired) electrons. The van der Waals surface area contributed by atoms with Crippen molar-refractivity contribution < 1.29 is 0 Å². The molecule has 0 unspecified atom stereocenters. The summed E-state index contributed by atoms with van der Waals surface area (Å²) in [6, 6.07) is 43.4. The first-order chi connectivity index (χ1) is 37.7. The van der Waals surface area contributed by atoms with E-state index in [1.165, 1.54) is 167 Å². The minimum atomic E-state index is -0.205. The van der Waals surface area contributed by atoms with Gasteiger partial charge in [-0.2, -0.15) is 0 Å². The van der Waals surface area contributed by atoms with Crippen LogP contribution in [-0.4, -0.2) is 6.71 Å². The van der Waals surface area contributed by atoms with Crippen molar-refractivity contribution in [1.29, 1.82) is 0 Å². The van der Waals surface area contributed by atoms with Gasteiger partial charge in [0.15, 0.2) is 0 Å². The van der Waals surface area contributed by atoms with Crippen molar-refractivity contribution >= 4 is 57.2 Å². The normalized spacial score (nSPS) is 22.0. The highest BCUT2D eigenvalue weighted by Gasteiger charge is 2.52. The quantitative estimate of drug-likeness (QED) is 0.163. The lowest BCUT2D eigenvalue weighted by Gasteiger charge is -2.47. The van der Waals surface area contributed by atoms with Gasteiger partial charge in [0, 0.05) is 39.5 Å². The summed E-state index contributed by atoms with van der Waals surface area (Å²) < 4.78 is 0. The Labute approximate surface area is 488 Å². The average molecular weight is 1070 g/mol. The number of anilines is 6. The van der Waals surface area contributed by atoms with Crippen LogP contribution in [0.3, 0.4) is 0 Å². The summed E-state index contributed by atoms with van der Waals surface area (Å²) in [6.07, 6.45) is 8.25. The molecule has 2 nitrogen and oxygen atoms in total. The largest absolute Gasteiger partial charge is 0.311 e. The van der Waals surface area contributed by atoms with Crippen LogP contribution in [0.5, 0.6) is 0 Å². The molecule has 14 rings (SSSR count). The molecule has 0 aromatic heterocycles. The first kappa shape index (κ1) is 53.2. The van der Waals surface area contributed by atoms with Crippen LogP contribution in [-0.2, 0) is 48.7 Å². The van der Waals surface area contributed by atoms with Gasteiger partial charge in [-0.3, -0.25) is 0 Å². The molecule has 0 saturated heterocycles. The van der Waals surface area contributed by atoms with E-state index in [9.17, 15) is 0 Å². The van der Waals surface area contributed by atoms with Crippen molar-refractivity contribution in [2.75, 3.05) is 9.80 Å². The number of hydrogen-bond donors (Lipinski definition) is 0. The van der Waals surface area contributed by atoms with Crippen LogP contribution < -0.4 is 26.2 Å². The Balaban J connectivity index is 1.15. The number of nitrogens with zero attached hydrogens (tertiary/aromatic N) is 2. The van der Waals surface area contributed by atoms with Crippen LogP contribution in [0.25, 0.3) is 22.3 Å². The third-order valence-electron chi connectivity index (χ3n) is 23.2. The minimum Gasteiger partial charge on any atom is -0.311 e. The van der Waals surface area contributed by atoms with Gasteiger partial charge in [-0.05, 0) is 250 Å². The highest BCUT2D eigenvalue weighted by atomic mass is 15.2. The second-order valence-electron chi connectivity index (χ2n) is 33.0. The van der Waals surface area contributed by atoms with Crippen LogP contribution in [0.1, 0.15) is 236 Å². The molecule has 7 aromatic rings. The first-order valence-corrected chi connectivity index (χ1v) is 31.4. The smallest absolute Gasteiger partial charge is 0.252 e. The van der Waals surface area contributed by atoms with Crippen LogP contribution in [0.4, 0.5) is 34.1 Å². The Morgan fingerprint density at radius 3 is 1.12 bits per heavy atom. The van der Waals surface area contributed by atoms with Crippen LogP contribution in [0, 0.1) is 13.8 Å². The van der Waals surface area contributed by atoms with Gasteiger partial charge >= 0.3 is 0 Å². The van der Waals surface area contributed by atoms with Gasteiger partial charge in [0.1, 0.15) is 0 Å². The molecule has 3 heteroatoms. The second kappa shape index (κ2) is 16.3. The Kier molecular flexibility index (Phi) is 10.7. The van der Waals surface area contributed by atoms with E-state index in [-0.39, 0.29) is 55.4 Å². The number of fused-ring (bicyclic) bond motifs is 11. The predicted octanol–water partition coefficient (Wildman–Crippen LogP) is 19.4. The topological polar surface area (TPSA) is 6.48 Å². The summed E-state index contributed by atoms with van der Waals surface area (Å²) >= 11 is 0. The zero-order valence-electron chi connectivity index (χ0n) is 53.2. The van der Waals surface area contributed by atoms with Gasteiger partial charge < -0.3 is 9.80 Å². The summed E-state index contributed by atoms with van der Waals surface area (Å²) in [7, 11) is 0. The van der Waals surface area contributed by atoms with Crippen LogP contribution in [0.2, 0.25) is 0 Å². The third-order valence-corrected chi connectivity index (χ3v) is 23.2. The lowest BCUT2D eigenvalue weighted by atomic mass is 9.33. The molecule has 0 bridgehead atoms. The van der Waals surface area contributed by atoms with E-state index < -0.39 is 0 Å². The predicted molar refractivity (Wildman–Crippen MR) is 349 cm³/mol.